The fourth-order valence-electron chi connectivity index (χ4n) is 4.72. The minimum Gasteiger partial charge on any atom is -0.507 e. The van der Waals surface area contributed by atoms with Crippen molar-refractivity contribution < 1.29 is 28.8 Å². The van der Waals surface area contributed by atoms with Crippen molar-refractivity contribution in [3.8, 4) is 28.7 Å². The van der Waals surface area contributed by atoms with Crippen molar-refractivity contribution in [3.63, 3.8) is 0 Å². The van der Waals surface area contributed by atoms with Crippen LogP contribution in [0.1, 0.15) is 21.5 Å². The van der Waals surface area contributed by atoms with Crippen LogP contribution in [-0.4, -0.2) is 63.3 Å². The summed E-state index contributed by atoms with van der Waals surface area (Å²) in [5.74, 6) is 2.54. The van der Waals surface area contributed by atoms with E-state index in [-0.39, 0.29) is 17.3 Å². The molecule has 3 aromatic carbocycles. The van der Waals surface area contributed by atoms with Crippen molar-refractivity contribution in [2.45, 2.75) is 6.54 Å². The molecule has 8 heteroatoms. The van der Waals surface area contributed by atoms with Crippen LogP contribution >= 0.6 is 0 Å². The Morgan fingerprint density at radius 3 is 2.30 bits per heavy atom. The lowest BCUT2D eigenvalue weighted by atomic mass is 10.0. The van der Waals surface area contributed by atoms with Crippen LogP contribution < -0.4 is 23.8 Å². The number of ether oxygens (including phenoxy) is 4. The van der Waals surface area contributed by atoms with Gasteiger partial charge in [-0.05, 0) is 60.2 Å². The van der Waals surface area contributed by atoms with E-state index in [0.29, 0.717) is 34.9 Å². The smallest absolute Gasteiger partial charge is 0.231 e. The standard InChI is InChI=1S/C29H30N2O6/c1-34-21-7-5-20(6-8-21)31-14-12-30(13-15-31)18-23-24(32)10-9-22-28(33)27(37-29(22)23)17-19-4-11-25(35-2)26(16-19)36-3/h4-11,16-17,32H,12-15,18H2,1-3H3/b27-17-. The van der Waals surface area contributed by atoms with E-state index in [9.17, 15) is 9.90 Å². The molecule has 1 N–H and O–H groups in total. The highest BCUT2D eigenvalue weighted by molar-refractivity contribution is 6.15. The third kappa shape index (κ3) is 4.93. The van der Waals surface area contributed by atoms with E-state index in [0.717, 1.165) is 43.2 Å². The van der Waals surface area contributed by atoms with Crippen LogP contribution in [0.25, 0.3) is 6.08 Å². The Balaban J connectivity index is 1.31. The van der Waals surface area contributed by atoms with Crippen LogP contribution in [0.4, 0.5) is 5.69 Å². The molecule has 192 valence electrons. The first-order chi connectivity index (χ1) is 18.0. The second-order valence-corrected chi connectivity index (χ2v) is 8.96. The number of phenols is 1. The van der Waals surface area contributed by atoms with Crippen LogP contribution in [0.3, 0.4) is 0 Å². The topological polar surface area (TPSA) is 80.7 Å². The minimum absolute atomic E-state index is 0.122. The number of benzene rings is 3. The number of methoxy groups -OCH3 is 3. The van der Waals surface area contributed by atoms with Gasteiger partial charge in [-0.25, -0.2) is 0 Å². The molecule has 0 radical (unpaired) electrons. The summed E-state index contributed by atoms with van der Waals surface area (Å²) in [5, 5.41) is 10.7. The lowest BCUT2D eigenvalue weighted by Gasteiger charge is -2.36. The van der Waals surface area contributed by atoms with E-state index in [2.05, 4.69) is 21.9 Å². The zero-order valence-corrected chi connectivity index (χ0v) is 21.2. The van der Waals surface area contributed by atoms with Crippen LogP contribution in [0.2, 0.25) is 0 Å². The predicted molar refractivity (Wildman–Crippen MR) is 141 cm³/mol. The Hall–Kier alpha value is -4.17. The molecule has 1 saturated heterocycles. The number of fused-ring (bicyclic) bond motifs is 1. The molecular formula is C29H30N2O6. The molecule has 2 aliphatic heterocycles. The Bertz CT molecular complexity index is 1330. The molecule has 2 heterocycles. The monoisotopic (exact) mass is 502 g/mol. The Morgan fingerprint density at radius 1 is 0.892 bits per heavy atom. The highest BCUT2D eigenvalue weighted by Gasteiger charge is 2.32. The maximum atomic E-state index is 13.1. The number of aromatic hydroxyl groups is 1. The third-order valence-corrected chi connectivity index (χ3v) is 6.81. The van der Waals surface area contributed by atoms with Gasteiger partial charge in [0.05, 0.1) is 32.5 Å². The molecule has 0 saturated carbocycles. The van der Waals surface area contributed by atoms with Crippen molar-refractivity contribution in [1.29, 1.82) is 0 Å². The molecule has 0 aromatic heterocycles. The van der Waals surface area contributed by atoms with E-state index < -0.39 is 0 Å². The van der Waals surface area contributed by atoms with Gasteiger partial charge in [-0.1, -0.05) is 6.07 Å². The molecule has 3 aromatic rings. The van der Waals surface area contributed by atoms with Crippen molar-refractivity contribution in [3.05, 3.63) is 77.0 Å². The molecule has 0 unspecified atom stereocenters. The minimum atomic E-state index is -0.213. The molecule has 8 nitrogen and oxygen atoms in total. The number of hydrogen-bond acceptors (Lipinski definition) is 8. The molecule has 0 spiro atoms. The van der Waals surface area contributed by atoms with Crippen LogP contribution in [-0.2, 0) is 6.54 Å². The summed E-state index contributed by atoms with van der Waals surface area (Å²) < 4.78 is 22.0. The van der Waals surface area contributed by atoms with Gasteiger partial charge in [0.1, 0.15) is 17.2 Å². The fraction of sp³-hybridized carbons (Fsp3) is 0.276. The largest absolute Gasteiger partial charge is 0.507 e. The van der Waals surface area contributed by atoms with Gasteiger partial charge in [0, 0.05) is 38.4 Å². The third-order valence-electron chi connectivity index (χ3n) is 6.81. The van der Waals surface area contributed by atoms with Crippen LogP contribution in [0.5, 0.6) is 28.7 Å². The number of nitrogens with zero attached hydrogens (tertiary/aromatic N) is 2. The quantitative estimate of drug-likeness (QED) is 0.478. The van der Waals surface area contributed by atoms with Crippen molar-refractivity contribution in [2.75, 3.05) is 52.4 Å². The molecule has 0 atom stereocenters. The molecule has 0 amide bonds. The van der Waals surface area contributed by atoms with Crippen LogP contribution in [0.15, 0.2) is 60.4 Å². The van der Waals surface area contributed by atoms with E-state index in [4.69, 9.17) is 18.9 Å². The number of piperazine rings is 1. The van der Waals surface area contributed by atoms with Gasteiger partial charge in [0.15, 0.2) is 17.3 Å². The summed E-state index contributed by atoms with van der Waals surface area (Å²) >= 11 is 0. The Kier molecular flexibility index (Phi) is 6.92. The molecule has 0 bridgehead atoms. The van der Waals surface area contributed by atoms with Crippen molar-refractivity contribution in [2.24, 2.45) is 0 Å². The second-order valence-electron chi connectivity index (χ2n) is 8.96. The number of hydrogen-bond donors (Lipinski definition) is 1. The van der Waals surface area contributed by atoms with Gasteiger partial charge in [-0.15, -0.1) is 0 Å². The number of carbonyl (C=O) groups excluding carboxylic acids is 1. The lowest BCUT2D eigenvalue weighted by Crippen LogP contribution is -2.46. The zero-order valence-electron chi connectivity index (χ0n) is 21.2. The number of ketones is 1. The first-order valence-electron chi connectivity index (χ1n) is 12.1. The van der Waals surface area contributed by atoms with E-state index in [1.54, 1.807) is 51.7 Å². The number of carbonyl (C=O) groups is 1. The van der Waals surface area contributed by atoms with E-state index in [1.165, 1.54) is 0 Å². The molecule has 0 aliphatic carbocycles. The second kappa shape index (κ2) is 10.4. The van der Waals surface area contributed by atoms with Crippen LogP contribution in [0, 0.1) is 0 Å². The molecule has 1 fully saturated rings. The zero-order chi connectivity index (χ0) is 25.9. The summed E-state index contributed by atoms with van der Waals surface area (Å²) in [5.41, 5.74) is 2.98. The number of rotatable bonds is 7. The Labute approximate surface area is 216 Å². The average Bonchev–Trinajstić information content (AvgIpc) is 3.25. The van der Waals surface area contributed by atoms with E-state index in [1.807, 2.05) is 18.2 Å². The number of phenolic OH excluding ortho intramolecular Hbond substituents is 1. The van der Waals surface area contributed by atoms with Gasteiger partial charge in [0.2, 0.25) is 5.78 Å². The first-order valence-corrected chi connectivity index (χ1v) is 12.1. The Morgan fingerprint density at radius 2 is 1.62 bits per heavy atom. The summed E-state index contributed by atoms with van der Waals surface area (Å²) in [6.45, 7) is 3.83. The average molecular weight is 503 g/mol. The summed E-state index contributed by atoms with van der Waals surface area (Å²) in [7, 11) is 4.80. The summed E-state index contributed by atoms with van der Waals surface area (Å²) in [6, 6.07) is 16.6. The summed E-state index contributed by atoms with van der Waals surface area (Å²) in [4.78, 5) is 17.7. The molecule has 5 rings (SSSR count). The van der Waals surface area contributed by atoms with Crippen molar-refractivity contribution in [1.82, 2.24) is 4.90 Å². The highest BCUT2D eigenvalue weighted by Crippen LogP contribution is 2.40. The maximum absolute atomic E-state index is 13.1. The number of anilines is 1. The van der Waals surface area contributed by atoms with Gasteiger partial charge in [0.25, 0.3) is 0 Å². The normalized spacial score (nSPS) is 16.5. The SMILES string of the molecule is COc1ccc(N2CCN(Cc3c(O)ccc4c3O/C(=C\c3ccc(OC)c(OC)c3)C4=O)CC2)cc1. The molecular weight excluding hydrogens is 472 g/mol. The lowest BCUT2D eigenvalue weighted by molar-refractivity contribution is 0.101. The predicted octanol–water partition coefficient (Wildman–Crippen LogP) is 4.36. The van der Waals surface area contributed by atoms with Gasteiger partial charge >= 0.3 is 0 Å². The van der Waals surface area contributed by atoms with Gasteiger partial charge < -0.3 is 29.0 Å². The fourth-order valence-corrected chi connectivity index (χ4v) is 4.72. The molecule has 37 heavy (non-hydrogen) atoms. The van der Waals surface area contributed by atoms with E-state index >= 15 is 0 Å². The maximum Gasteiger partial charge on any atom is 0.231 e. The first kappa shape index (κ1) is 24.5. The number of allylic oxidation sites excluding steroid dienone is 1. The van der Waals surface area contributed by atoms with Gasteiger partial charge in [-0.3, -0.25) is 9.69 Å². The highest BCUT2D eigenvalue weighted by atomic mass is 16.5. The summed E-state index contributed by atoms with van der Waals surface area (Å²) in [6.07, 6.45) is 1.68. The van der Waals surface area contributed by atoms with Gasteiger partial charge in [-0.2, -0.15) is 0 Å². The van der Waals surface area contributed by atoms with Crippen molar-refractivity contribution >= 4 is 17.5 Å². The molecule has 2 aliphatic rings. The number of Topliss-reactive ketones (excluding diaryl/α,β-unsaturated/α-hetero) is 1.